The highest BCUT2D eigenvalue weighted by atomic mass is 35.5. The molecule has 0 aliphatic heterocycles. The summed E-state index contributed by atoms with van der Waals surface area (Å²) in [5.74, 6) is -0.395. The van der Waals surface area contributed by atoms with E-state index in [-0.39, 0.29) is 6.42 Å². The molecule has 1 aromatic carbocycles. The van der Waals surface area contributed by atoms with Crippen LogP contribution < -0.4 is 5.32 Å². The number of allylic oxidation sites excluding steroid dienone is 2. The Morgan fingerprint density at radius 3 is 2.45 bits per heavy atom. The van der Waals surface area contributed by atoms with E-state index < -0.39 is 5.97 Å². The maximum absolute atomic E-state index is 11.9. The smallest absolute Gasteiger partial charge is 0.336 e. The first kappa shape index (κ1) is 16.6. The molecule has 108 valence electrons. The standard InChI is InChI=1S/C15H17Cl2NO2/c1-4-20-15(19)14(9-10(2)16)11(3)18-13-7-5-12(17)6-8-13/h5-8,18H,2,4,9H2,1,3H3/b14-11-. The maximum Gasteiger partial charge on any atom is 0.336 e. The van der Waals surface area contributed by atoms with E-state index in [0.29, 0.717) is 27.9 Å². The molecule has 0 fully saturated rings. The highest BCUT2D eigenvalue weighted by Crippen LogP contribution is 2.21. The first-order valence-corrected chi connectivity index (χ1v) is 6.92. The molecule has 0 radical (unpaired) electrons. The number of anilines is 1. The molecule has 0 unspecified atom stereocenters. The second-order valence-electron chi connectivity index (χ2n) is 4.15. The van der Waals surface area contributed by atoms with Crippen molar-refractivity contribution in [2.24, 2.45) is 0 Å². The highest BCUT2D eigenvalue weighted by Gasteiger charge is 2.15. The Kier molecular flexibility index (Phi) is 6.62. The summed E-state index contributed by atoms with van der Waals surface area (Å²) in [6.45, 7) is 7.48. The van der Waals surface area contributed by atoms with E-state index in [1.54, 1.807) is 26.0 Å². The van der Waals surface area contributed by atoms with Gasteiger partial charge in [-0.3, -0.25) is 0 Å². The van der Waals surface area contributed by atoms with Gasteiger partial charge in [0.15, 0.2) is 0 Å². The third-order valence-electron chi connectivity index (χ3n) is 2.52. The lowest BCUT2D eigenvalue weighted by atomic mass is 10.1. The van der Waals surface area contributed by atoms with Crippen molar-refractivity contribution in [1.82, 2.24) is 0 Å². The van der Waals surface area contributed by atoms with Gasteiger partial charge in [0.2, 0.25) is 0 Å². The summed E-state index contributed by atoms with van der Waals surface area (Å²) in [5.41, 5.74) is 1.96. The Labute approximate surface area is 129 Å². The summed E-state index contributed by atoms with van der Waals surface area (Å²) in [4.78, 5) is 11.9. The summed E-state index contributed by atoms with van der Waals surface area (Å²) in [6.07, 6.45) is 0.257. The number of halogens is 2. The molecule has 0 atom stereocenters. The number of carbonyl (C=O) groups is 1. The predicted molar refractivity (Wildman–Crippen MR) is 84.0 cm³/mol. The Morgan fingerprint density at radius 1 is 1.35 bits per heavy atom. The van der Waals surface area contributed by atoms with Gasteiger partial charge in [-0.25, -0.2) is 4.79 Å². The summed E-state index contributed by atoms with van der Waals surface area (Å²) in [5, 5.41) is 4.16. The molecule has 0 bridgehead atoms. The average molecular weight is 314 g/mol. The number of benzene rings is 1. The van der Waals surface area contributed by atoms with Crippen LogP contribution in [0.3, 0.4) is 0 Å². The third kappa shape index (κ3) is 5.27. The van der Waals surface area contributed by atoms with Crippen molar-refractivity contribution < 1.29 is 9.53 Å². The van der Waals surface area contributed by atoms with Gasteiger partial charge in [-0.1, -0.05) is 29.8 Å². The number of nitrogens with one attached hydrogen (secondary N) is 1. The zero-order valence-electron chi connectivity index (χ0n) is 11.5. The molecular weight excluding hydrogens is 297 g/mol. The minimum absolute atomic E-state index is 0.257. The second kappa shape index (κ2) is 7.98. The van der Waals surface area contributed by atoms with E-state index in [1.807, 2.05) is 12.1 Å². The molecule has 20 heavy (non-hydrogen) atoms. The van der Waals surface area contributed by atoms with Gasteiger partial charge in [0.05, 0.1) is 12.2 Å². The zero-order valence-corrected chi connectivity index (χ0v) is 13.0. The molecule has 0 spiro atoms. The van der Waals surface area contributed by atoms with Crippen LogP contribution in [0.5, 0.6) is 0 Å². The molecule has 0 saturated carbocycles. The van der Waals surface area contributed by atoms with Crippen LogP contribution >= 0.6 is 23.2 Å². The molecule has 3 nitrogen and oxygen atoms in total. The number of ether oxygens (including phenoxy) is 1. The van der Waals surface area contributed by atoms with Crippen molar-refractivity contribution in [3.63, 3.8) is 0 Å². The first-order valence-electron chi connectivity index (χ1n) is 6.16. The second-order valence-corrected chi connectivity index (χ2v) is 5.12. The molecule has 1 aromatic rings. The largest absolute Gasteiger partial charge is 0.463 e. The topological polar surface area (TPSA) is 38.3 Å². The Hall–Kier alpha value is -1.45. The number of hydrogen-bond acceptors (Lipinski definition) is 3. The molecule has 1 rings (SSSR count). The fourth-order valence-electron chi connectivity index (χ4n) is 1.59. The van der Waals surface area contributed by atoms with Gasteiger partial charge >= 0.3 is 5.97 Å². The molecule has 0 aliphatic rings. The van der Waals surface area contributed by atoms with Gasteiger partial charge in [0.1, 0.15) is 0 Å². The predicted octanol–water partition coefficient (Wildman–Crippen LogP) is 4.73. The minimum Gasteiger partial charge on any atom is -0.463 e. The normalized spacial score (nSPS) is 11.6. The quantitative estimate of drug-likeness (QED) is 0.609. The fraction of sp³-hybridized carbons (Fsp3) is 0.267. The number of hydrogen-bond donors (Lipinski definition) is 1. The molecule has 1 N–H and O–H groups in total. The molecule has 5 heteroatoms. The van der Waals surface area contributed by atoms with Crippen LogP contribution in [0, 0.1) is 0 Å². The van der Waals surface area contributed by atoms with E-state index in [0.717, 1.165) is 5.69 Å². The SMILES string of the molecule is C=C(Cl)C/C(C(=O)OCC)=C(\C)Nc1ccc(Cl)cc1. The average Bonchev–Trinajstić information content (AvgIpc) is 2.38. The highest BCUT2D eigenvalue weighted by molar-refractivity contribution is 6.30. The van der Waals surface area contributed by atoms with Crippen molar-refractivity contribution in [1.29, 1.82) is 0 Å². The van der Waals surface area contributed by atoms with Crippen LogP contribution in [-0.2, 0) is 9.53 Å². The van der Waals surface area contributed by atoms with Crippen LogP contribution in [0.15, 0.2) is 47.1 Å². The van der Waals surface area contributed by atoms with E-state index in [1.165, 1.54) is 0 Å². The number of rotatable bonds is 6. The molecule has 0 amide bonds. The molecule has 0 heterocycles. The lowest BCUT2D eigenvalue weighted by Crippen LogP contribution is -2.13. The van der Waals surface area contributed by atoms with Crippen molar-refractivity contribution in [3.8, 4) is 0 Å². The van der Waals surface area contributed by atoms with Gasteiger partial charge in [-0.2, -0.15) is 0 Å². The molecule has 0 saturated heterocycles. The van der Waals surface area contributed by atoms with E-state index in [9.17, 15) is 4.79 Å². The van der Waals surface area contributed by atoms with Crippen molar-refractivity contribution in [2.75, 3.05) is 11.9 Å². The number of carbonyl (C=O) groups excluding carboxylic acids is 1. The Morgan fingerprint density at radius 2 is 1.95 bits per heavy atom. The third-order valence-corrected chi connectivity index (χ3v) is 2.90. The van der Waals surface area contributed by atoms with Crippen molar-refractivity contribution >= 4 is 34.9 Å². The van der Waals surface area contributed by atoms with E-state index in [2.05, 4.69) is 11.9 Å². The van der Waals surface area contributed by atoms with Gasteiger partial charge < -0.3 is 10.1 Å². The van der Waals surface area contributed by atoms with Crippen LogP contribution in [0.2, 0.25) is 5.02 Å². The van der Waals surface area contributed by atoms with Crippen LogP contribution in [0.25, 0.3) is 0 Å². The summed E-state index contributed by atoms with van der Waals surface area (Å²) >= 11 is 11.6. The van der Waals surface area contributed by atoms with Crippen molar-refractivity contribution in [3.05, 3.63) is 52.2 Å². The minimum atomic E-state index is -0.395. The molecule has 0 aliphatic carbocycles. The summed E-state index contributed by atoms with van der Waals surface area (Å²) in [6, 6.07) is 7.18. The van der Waals surface area contributed by atoms with Gasteiger partial charge in [-0.15, -0.1) is 0 Å². The van der Waals surface area contributed by atoms with Crippen LogP contribution in [-0.4, -0.2) is 12.6 Å². The van der Waals surface area contributed by atoms with E-state index in [4.69, 9.17) is 27.9 Å². The van der Waals surface area contributed by atoms with Gasteiger partial charge in [0, 0.05) is 27.9 Å². The monoisotopic (exact) mass is 313 g/mol. The maximum atomic E-state index is 11.9. The first-order chi connectivity index (χ1) is 9.43. The van der Waals surface area contributed by atoms with Crippen LogP contribution in [0.4, 0.5) is 5.69 Å². The van der Waals surface area contributed by atoms with Crippen LogP contribution in [0.1, 0.15) is 20.3 Å². The summed E-state index contributed by atoms with van der Waals surface area (Å²) in [7, 11) is 0. The van der Waals surface area contributed by atoms with Crippen molar-refractivity contribution in [2.45, 2.75) is 20.3 Å². The molecule has 0 aromatic heterocycles. The zero-order chi connectivity index (χ0) is 15.1. The Balaban J connectivity index is 2.97. The summed E-state index contributed by atoms with van der Waals surface area (Å²) < 4.78 is 5.03. The Bertz CT molecular complexity index is 521. The molecular formula is C15H17Cl2NO2. The lowest BCUT2D eigenvalue weighted by Gasteiger charge is -2.13. The van der Waals surface area contributed by atoms with Gasteiger partial charge in [-0.05, 0) is 38.1 Å². The fourth-order valence-corrected chi connectivity index (χ4v) is 1.85. The lowest BCUT2D eigenvalue weighted by molar-refractivity contribution is -0.138. The van der Waals surface area contributed by atoms with E-state index >= 15 is 0 Å². The van der Waals surface area contributed by atoms with Gasteiger partial charge in [0.25, 0.3) is 0 Å². The number of esters is 1.